The van der Waals surface area contributed by atoms with Crippen molar-refractivity contribution < 1.29 is 26.3 Å². The van der Waals surface area contributed by atoms with Crippen LogP contribution in [0.3, 0.4) is 0 Å². The van der Waals surface area contributed by atoms with Gasteiger partial charge in [-0.1, -0.05) is 22.9 Å². The second-order valence-corrected chi connectivity index (χ2v) is 7.05. The average molecular weight is 482 g/mol. The van der Waals surface area contributed by atoms with Gasteiger partial charge in [0.25, 0.3) is 5.56 Å². The van der Waals surface area contributed by atoms with Crippen molar-refractivity contribution in [3.05, 3.63) is 48.5 Å². The normalized spacial score (nSPS) is 12.9. The van der Waals surface area contributed by atoms with Crippen molar-refractivity contribution in [2.75, 3.05) is 0 Å². The SMILES string of the molecule is O=c1cc(Cn2nc(Cl)cc2C(F)(F)F)nc2sc(C(F)(F)F)c(Br)n12. The molecule has 0 fully saturated rings. The zero-order chi connectivity index (χ0) is 19.4. The maximum Gasteiger partial charge on any atom is 0.433 e. The molecule has 26 heavy (non-hydrogen) atoms. The molecule has 0 unspecified atom stereocenters. The summed E-state index contributed by atoms with van der Waals surface area (Å²) in [5.74, 6) is 0. The summed E-state index contributed by atoms with van der Waals surface area (Å²) in [5.41, 5.74) is -2.24. The summed E-state index contributed by atoms with van der Waals surface area (Å²) in [6.45, 7) is -0.593. The van der Waals surface area contributed by atoms with Crippen molar-refractivity contribution in [1.29, 1.82) is 0 Å². The van der Waals surface area contributed by atoms with Gasteiger partial charge in [-0.2, -0.15) is 31.4 Å². The maximum absolute atomic E-state index is 12.9. The van der Waals surface area contributed by atoms with Crippen molar-refractivity contribution in [3.8, 4) is 0 Å². The molecule has 0 saturated carbocycles. The van der Waals surface area contributed by atoms with E-state index in [1.54, 1.807) is 0 Å². The van der Waals surface area contributed by atoms with Gasteiger partial charge in [0.15, 0.2) is 10.1 Å². The van der Waals surface area contributed by atoms with Crippen molar-refractivity contribution in [3.63, 3.8) is 0 Å². The summed E-state index contributed by atoms with van der Waals surface area (Å²) < 4.78 is 78.3. The van der Waals surface area contributed by atoms with Crippen molar-refractivity contribution in [1.82, 2.24) is 19.2 Å². The van der Waals surface area contributed by atoms with Crippen LogP contribution in [0.15, 0.2) is 21.5 Å². The van der Waals surface area contributed by atoms with Crippen LogP contribution in [-0.2, 0) is 18.9 Å². The van der Waals surface area contributed by atoms with Crippen molar-refractivity contribution in [2.45, 2.75) is 18.9 Å². The largest absolute Gasteiger partial charge is 0.433 e. The maximum atomic E-state index is 12.9. The highest BCUT2D eigenvalue weighted by molar-refractivity contribution is 9.10. The molecule has 14 heteroatoms. The van der Waals surface area contributed by atoms with E-state index in [-0.39, 0.29) is 22.0 Å². The highest BCUT2D eigenvalue weighted by Crippen LogP contribution is 2.39. The van der Waals surface area contributed by atoms with Crippen molar-refractivity contribution >= 4 is 43.8 Å². The van der Waals surface area contributed by atoms with Crippen LogP contribution < -0.4 is 5.56 Å². The van der Waals surface area contributed by atoms with E-state index >= 15 is 0 Å². The summed E-state index contributed by atoms with van der Waals surface area (Å²) in [6, 6.07) is 1.43. The number of rotatable bonds is 2. The molecule has 3 aromatic heterocycles. The van der Waals surface area contributed by atoms with Gasteiger partial charge in [0.05, 0.1) is 12.2 Å². The topological polar surface area (TPSA) is 52.2 Å². The minimum Gasteiger partial charge on any atom is -0.269 e. The van der Waals surface area contributed by atoms with E-state index < -0.39 is 44.8 Å². The number of hydrogen-bond acceptors (Lipinski definition) is 4. The number of alkyl halides is 6. The first-order valence-electron chi connectivity index (χ1n) is 6.46. The van der Waals surface area contributed by atoms with E-state index in [0.717, 1.165) is 6.07 Å². The van der Waals surface area contributed by atoms with Crippen molar-refractivity contribution in [2.24, 2.45) is 0 Å². The van der Waals surface area contributed by atoms with Crippen LogP contribution in [0.2, 0.25) is 5.15 Å². The van der Waals surface area contributed by atoms with Crippen LogP contribution in [0.1, 0.15) is 16.3 Å². The molecule has 0 radical (unpaired) electrons. The molecule has 0 bridgehead atoms. The van der Waals surface area contributed by atoms with Gasteiger partial charge in [-0.05, 0) is 15.9 Å². The second kappa shape index (κ2) is 6.23. The summed E-state index contributed by atoms with van der Waals surface area (Å²) >= 11 is 8.38. The van der Waals surface area contributed by atoms with Gasteiger partial charge < -0.3 is 0 Å². The minimum absolute atomic E-state index is 0.187. The standard InChI is InChI=1S/C12H4BrClF6N4OS/c13-9-8(12(18,19)20)26-10-21-4(1-7(25)24(9)10)3-23-5(11(15,16)17)2-6(14)22-23/h1-2H,3H2. The summed E-state index contributed by atoms with van der Waals surface area (Å²) in [4.78, 5) is 14.5. The van der Waals surface area contributed by atoms with E-state index in [4.69, 9.17) is 11.6 Å². The third kappa shape index (κ3) is 3.47. The van der Waals surface area contributed by atoms with E-state index in [1.165, 1.54) is 0 Å². The number of hydrogen-bond donors (Lipinski definition) is 0. The lowest BCUT2D eigenvalue weighted by Gasteiger charge is -2.09. The zero-order valence-electron chi connectivity index (χ0n) is 12.0. The Morgan fingerprint density at radius 3 is 2.38 bits per heavy atom. The number of fused-ring (bicyclic) bond motifs is 1. The molecule has 0 aliphatic heterocycles. The molecule has 0 spiro atoms. The predicted molar refractivity (Wildman–Crippen MR) is 83.4 cm³/mol. The zero-order valence-corrected chi connectivity index (χ0v) is 15.1. The number of aromatic nitrogens is 4. The van der Waals surface area contributed by atoms with Crippen LogP contribution in [0.25, 0.3) is 4.96 Å². The van der Waals surface area contributed by atoms with Gasteiger partial charge in [0, 0.05) is 12.1 Å². The summed E-state index contributed by atoms with van der Waals surface area (Å²) in [5, 5.41) is 3.05. The molecule has 3 aromatic rings. The number of thiazole rings is 1. The molecule has 3 heterocycles. The molecular weight excluding hydrogens is 478 g/mol. The summed E-state index contributed by atoms with van der Waals surface area (Å²) in [6.07, 6.45) is -9.47. The minimum atomic E-state index is -4.76. The molecule has 3 rings (SSSR count). The Balaban J connectivity index is 2.10. The smallest absolute Gasteiger partial charge is 0.269 e. The summed E-state index contributed by atoms with van der Waals surface area (Å²) in [7, 11) is 0. The predicted octanol–water partition coefficient (Wildman–Crippen LogP) is 4.45. The lowest BCUT2D eigenvalue weighted by molar-refractivity contribution is -0.144. The van der Waals surface area contributed by atoms with Crippen LogP contribution in [0.5, 0.6) is 0 Å². The van der Waals surface area contributed by atoms with E-state index in [9.17, 15) is 31.1 Å². The monoisotopic (exact) mass is 480 g/mol. The van der Waals surface area contributed by atoms with Gasteiger partial charge in [-0.25, -0.2) is 9.38 Å². The third-order valence-corrected chi connectivity index (χ3v) is 5.41. The van der Waals surface area contributed by atoms with Crippen LogP contribution in [0.4, 0.5) is 26.3 Å². The molecule has 0 atom stereocenters. The van der Waals surface area contributed by atoms with Crippen LogP contribution in [-0.4, -0.2) is 19.2 Å². The molecule has 0 amide bonds. The highest BCUT2D eigenvalue weighted by Gasteiger charge is 2.38. The number of nitrogens with zero attached hydrogens (tertiary/aromatic N) is 4. The molecule has 0 aliphatic rings. The van der Waals surface area contributed by atoms with Crippen LogP contribution in [0, 0.1) is 0 Å². The fourth-order valence-corrected chi connectivity index (χ4v) is 4.17. The van der Waals surface area contributed by atoms with Crippen LogP contribution >= 0.6 is 38.9 Å². The first kappa shape index (κ1) is 19.2. The average Bonchev–Trinajstić information content (AvgIpc) is 2.99. The van der Waals surface area contributed by atoms with Gasteiger partial charge in [-0.3, -0.25) is 9.48 Å². The van der Waals surface area contributed by atoms with E-state index in [1.807, 2.05) is 0 Å². The van der Waals surface area contributed by atoms with E-state index in [2.05, 4.69) is 26.0 Å². The highest BCUT2D eigenvalue weighted by atomic mass is 79.9. The Labute approximate surface area is 157 Å². The van der Waals surface area contributed by atoms with E-state index in [0.29, 0.717) is 15.1 Å². The first-order chi connectivity index (χ1) is 11.9. The Morgan fingerprint density at radius 1 is 1.15 bits per heavy atom. The molecule has 0 saturated heterocycles. The Kier molecular flexibility index (Phi) is 4.60. The molecular formula is C12H4BrClF6N4OS. The van der Waals surface area contributed by atoms with Gasteiger partial charge in [-0.15, -0.1) is 0 Å². The first-order valence-corrected chi connectivity index (χ1v) is 8.45. The fourth-order valence-electron chi connectivity index (χ4n) is 2.13. The van der Waals surface area contributed by atoms with Gasteiger partial charge in [0.2, 0.25) is 0 Å². The third-order valence-electron chi connectivity index (χ3n) is 3.13. The lowest BCUT2D eigenvalue weighted by atomic mass is 10.3. The molecule has 0 N–H and O–H groups in total. The van der Waals surface area contributed by atoms with Gasteiger partial charge in [0.1, 0.15) is 15.2 Å². The number of halogens is 8. The fraction of sp³-hybridized carbons (Fsp3) is 0.250. The van der Waals surface area contributed by atoms with Gasteiger partial charge >= 0.3 is 12.4 Å². The Hall–Kier alpha value is -1.60. The Morgan fingerprint density at radius 2 is 1.81 bits per heavy atom. The molecule has 5 nitrogen and oxygen atoms in total. The quantitative estimate of drug-likeness (QED) is 0.508. The second-order valence-electron chi connectivity index (χ2n) is 4.93. The molecule has 0 aromatic carbocycles. The molecule has 0 aliphatic carbocycles. The molecule has 140 valence electrons. The lowest BCUT2D eigenvalue weighted by Crippen LogP contribution is -2.19. The Bertz CT molecular complexity index is 1050.